The minimum atomic E-state index is 0.674. The summed E-state index contributed by atoms with van der Waals surface area (Å²) in [4.78, 5) is 1.19. The van der Waals surface area contributed by atoms with Gasteiger partial charge in [0.25, 0.3) is 0 Å². The van der Waals surface area contributed by atoms with Gasteiger partial charge >= 0.3 is 0 Å². The molecule has 1 aromatic carbocycles. The molecule has 0 aliphatic carbocycles. The van der Waals surface area contributed by atoms with Gasteiger partial charge in [-0.1, -0.05) is 37.6 Å². The fraction of sp³-hybridized carbons (Fsp3) is 0.538. The zero-order valence-corrected chi connectivity index (χ0v) is 11.6. The van der Waals surface area contributed by atoms with Crippen molar-refractivity contribution in [2.75, 3.05) is 18.8 Å². The lowest BCUT2D eigenvalue weighted by Crippen LogP contribution is -2.23. The van der Waals surface area contributed by atoms with Crippen molar-refractivity contribution in [1.82, 2.24) is 5.32 Å². The summed E-state index contributed by atoms with van der Waals surface area (Å²) in [7, 11) is 0. The highest BCUT2D eigenvalue weighted by molar-refractivity contribution is 7.99. The third-order valence-electron chi connectivity index (χ3n) is 2.28. The van der Waals surface area contributed by atoms with Crippen molar-refractivity contribution in [3.63, 3.8) is 0 Å². The van der Waals surface area contributed by atoms with E-state index in [1.165, 1.54) is 11.3 Å². The first-order valence-corrected chi connectivity index (χ1v) is 7.18. The minimum absolute atomic E-state index is 0.674. The van der Waals surface area contributed by atoms with E-state index >= 15 is 0 Å². The van der Waals surface area contributed by atoms with Crippen LogP contribution in [0.15, 0.2) is 29.2 Å². The lowest BCUT2D eigenvalue weighted by atomic mass is 10.2. The predicted molar refractivity (Wildman–Crippen MR) is 74.5 cm³/mol. The number of hydrogen-bond acceptors (Lipinski definition) is 2. The number of rotatable bonds is 7. The first kappa shape index (κ1) is 13.9. The molecule has 0 saturated carbocycles. The maximum atomic E-state index is 6.10. The number of benzene rings is 1. The van der Waals surface area contributed by atoms with Gasteiger partial charge in [-0.15, -0.1) is 11.8 Å². The summed E-state index contributed by atoms with van der Waals surface area (Å²) >= 11 is 7.94. The molecule has 0 spiro atoms. The van der Waals surface area contributed by atoms with Crippen LogP contribution in [0.25, 0.3) is 0 Å². The first-order valence-electron chi connectivity index (χ1n) is 5.82. The fourth-order valence-corrected chi connectivity index (χ4v) is 2.64. The molecule has 16 heavy (non-hydrogen) atoms. The van der Waals surface area contributed by atoms with Crippen LogP contribution >= 0.6 is 23.4 Å². The van der Waals surface area contributed by atoms with Gasteiger partial charge in [0.05, 0.1) is 5.02 Å². The summed E-state index contributed by atoms with van der Waals surface area (Å²) in [6, 6.07) is 8.04. The Labute approximate surface area is 108 Å². The van der Waals surface area contributed by atoms with Crippen LogP contribution in [-0.2, 0) is 0 Å². The minimum Gasteiger partial charge on any atom is -0.316 e. The maximum absolute atomic E-state index is 6.10. The highest BCUT2D eigenvalue weighted by atomic mass is 35.5. The molecule has 0 aliphatic heterocycles. The quantitative estimate of drug-likeness (QED) is 0.584. The summed E-state index contributed by atoms with van der Waals surface area (Å²) in [5, 5.41) is 4.30. The Balaban J connectivity index is 2.26. The van der Waals surface area contributed by atoms with Gasteiger partial charge in [0.1, 0.15) is 0 Å². The molecule has 1 N–H and O–H groups in total. The van der Waals surface area contributed by atoms with Crippen molar-refractivity contribution in [1.29, 1.82) is 0 Å². The van der Waals surface area contributed by atoms with Crippen molar-refractivity contribution in [3.8, 4) is 0 Å². The Hall–Kier alpha value is -0.180. The van der Waals surface area contributed by atoms with Gasteiger partial charge in [0.15, 0.2) is 0 Å². The van der Waals surface area contributed by atoms with Gasteiger partial charge in [0, 0.05) is 10.6 Å². The van der Waals surface area contributed by atoms with E-state index in [0.29, 0.717) is 5.92 Å². The van der Waals surface area contributed by atoms with Crippen molar-refractivity contribution in [3.05, 3.63) is 29.3 Å². The van der Waals surface area contributed by atoms with E-state index in [0.717, 1.165) is 23.9 Å². The van der Waals surface area contributed by atoms with Crippen LogP contribution in [0.2, 0.25) is 5.02 Å². The molecule has 90 valence electrons. The van der Waals surface area contributed by atoms with E-state index in [-0.39, 0.29) is 0 Å². The topological polar surface area (TPSA) is 12.0 Å². The molecular weight excluding hydrogens is 238 g/mol. The largest absolute Gasteiger partial charge is 0.316 e. The lowest BCUT2D eigenvalue weighted by Gasteiger charge is -2.12. The monoisotopic (exact) mass is 257 g/mol. The summed E-state index contributed by atoms with van der Waals surface area (Å²) in [6.07, 6.45) is 1.20. The van der Waals surface area contributed by atoms with Crippen molar-refractivity contribution in [2.24, 2.45) is 5.92 Å². The summed E-state index contributed by atoms with van der Waals surface area (Å²) in [5.74, 6) is 1.79. The van der Waals surface area contributed by atoms with Gasteiger partial charge in [-0.25, -0.2) is 0 Å². The van der Waals surface area contributed by atoms with E-state index in [9.17, 15) is 0 Å². The standard InChI is InChI=1S/C13H20ClNS/c1-3-8-15-9-11(2)10-16-13-7-5-4-6-12(13)14/h4-7,11,15H,3,8-10H2,1-2H3. The number of thioether (sulfide) groups is 1. The van der Waals surface area contributed by atoms with Crippen LogP contribution in [0.4, 0.5) is 0 Å². The fourth-order valence-electron chi connectivity index (χ4n) is 1.38. The highest BCUT2D eigenvalue weighted by Gasteiger charge is 2.04. The molecule has 0 aliphatic rings. The number of nitrogens with one attached hydrogen (secondary N) is 1. The molecule has 1 nitrogen and oxygen atoms in total. The van der Waals surface area contributed by atoms with Crippen LogP contribution in [0, 0.1) is 5.92 Å². The van der Waals surface area contributed by atoms with Crippen LogP contribution in [-0.4, -0.2) is 18.8 Å². The van der Waals surface area contributed by atoms with Crippen LogP contribution in [0.1, 0.15) is 20.3 Å². The molecule has 1 aromatic rings. The normalized spacial score (nSPS) is 12.7. The van der Waals surface area contributed by atoms with E-state index in [1.807, 2.05) is 30.0 Å². The molecule has 0 bridgehead atoms. The average Bonchev–Trinajstić information content (AvgIpc) is 2.28. The van der Waals surface area contributed by atoms with Crippen LogP contribution < -0.4 is 5.32 Å². The number of halogens is 1. The van der Waals surface area contributed by atoms with E-state index in [1.54, 1.807) is 0 Å². The smallest absolute Gasteiger partial charge is 0.0541 e. The predicted octanol–water partition coefficient (Wildman–Crippen LogP) is 4.07. The lowest BCUT2D eigenvalue weighted by molar-refractivity contribution is 0.557. The van der Waals surface area contributed by atoms with E-state index in [4.69, 9.17) is 11.6 Å². The zero-order chi connectivity index (χ0) is 11.8. The SMILES string of the molecule is CCCNCC(C)CSc1ccccc1Cl. The summed E-state index contributed by atoms with van der Waals surface area (Å²) in [6.45, 7) is 6.66. The van der Waals surface area contributed by atoms with Gasteiger partial charge in [0.2, 0.25) is 0 Å². The molecule has 0 saturated heterocycles. The van der Waals surface area contributed by atoms with E-state index in [2.05, 4.69) is 25.2 Å². The van der Waals surface area contributed by atoms with Gasteiger partial charge in [-0.3, -0.25) is 0 Å². The summed E-state index contributed by atoms with van der Waals surface area (Å²) < 4.78 is 0. The van der Waals surface area contributed by atoms with Gasteiger partial charge in [-0.2, -0.15) is 0 Å². The van der Waals surface area contributed by atoms with Crippen molar-refractivity contribution >= 4 is 23.4 Å². The third-order valence-corrected chi connectivity index (χ3v) is 4.12. The Bertz CT molecular complexity index is 304. The molecule has 1 unspecified atom stereocenters. The van der Waals surface area contributed by atoms with Crippen molar-refractivity contribution < 1.29 is 0 Å². The second-order valence-corrected chi connectivity index (χ2v) is 5.52. The molecular formula is C13H20ClNS. The second kappa shape index (κ2) is 7.99. The third kappa shape index (κ3) is 5.24. The molecule has 0 amide bonds. The molecule has 1 rings (SSSR count). The Morgan fingerprint density at radius 3 is 2.81 bits per heavy atom. The average molecular weight is 258 g/mol. The van der Waals surface area contributed by atoms with Crippen molar-refractivity contribution in [2.45, 2.75) is 25.2 Å². The summed E-state index contributed by atoms with van der Waals surface area (Å²) in [5.41, 5.74) is 0. The molecule has 0 radical (unpaired) electrons. The molecule has 1 atom stereocenters. The van der Waals surface area contributed by atoms with Crippen LogP contribution in [0.3, 0.4) is 0 Å². The first-order chi connectivity index (χ1) is 7.74. The van der Waals surface area contributed by atoms with Gasteiger partial charge in [-0.05, 0) is 37.6 Å². The van der Waals surface area contributed by atoms with Crippen LogP contribution in [0.5, 0.6) is 0 Å². The maximum Gasteiger partial charge on any atom is 0.0541 e. The molecule has 0 aromatic heterocycles. The molecule has 0 heterocycles. The Kier molecular flexibility index (Phi) is 6.93. The second-order valence-electron chi connectivity index (χ2n) is 4.05. The Morgan fingerprint density at radius 2 is 2.12 bits per heavy atom. The number of hydrogen-bond donors (Lipinski definition) is 1. The molecule has 3 heteroatoms. The Morgan fingerprint density at radius 1 is 1.38 bits per heavy atom. The zero-order valence-electron chi connectivity index (χ0n) is 10.0. The van der Waals surface area contributed by atoms with E-state index < -0.39 is 0 Å². The highest BCUT2D eigenvalue weighted by Crippen LogP contribution is 2.27. The van der Waals surface area contributed by atoms with Gasteiger partial charge < -0.3 is 5.32 Å². The molecule has 0 fully saturated rings.